The van der Waals surface area contributed by atoms with E-state index in [-0.39, 0.29) is 5.41 Å². The fourth-order valence-corrected chi connectivity index (χ4v) is 10.6. The first-order valence-electron chi connectivity index (χ1n) is 7.62. The molecule has 0 heterocycles. The van der Waals surface area contributed by atoms with Crippen molar-refractivity contribution in [1.29, 1.82) is 0 Å². The second kappa shape index (κ2) is 9.16. The van der Waals surface area contributed by atoms with E-state index in [1.54, 1.807) is 14.1 Å². The van der Waals surface area contributed by atoms with E-state index in [2.05, 4.69) is 79.3 Å². The number of rotatable bonds is 3. The molecule has 2 aromatic carbocycles. The van der Waals surface area contributed by atoms with Gasteiger partial charge in [-0.05, 0) is 12.3 Å². The molecule has 0 amide bonds. The fraction of sp³-hybridized carbons (Fsp3) is 0.300. The molecule has 2 aromatic rings. The van der Waals surface area contributed by atoms with Crippen molar-refractivity contribution < 1.29 is 23.7 Å². The first-order valence-corrected chi connectivity index (χ1v) is 19.5. The standard InChI is InChI=1S/C8H15O.2C6H5.HI.Sn/c1-6-8(5,9)7(2,3)4;2*1-2-4-6-5-3-1;;/h1,6,9H,2-5H3;2*1-5H;1H;/q+1;;;;. The van der Waals surface area contributed by atoms with E-state index in [4.69, 9.17) is 6.58 Å². The summed E-state index contributed by atoms with van der Waals surface area (Å²) in [5.74, 6) is 0. The molecule has 0 saturated carbocycles. The third-order valence-electron chi connectivity index (χ3n) is 3.91. The minimum absolute atomic E-state index is 0.179. The summed E-state index contributed by atoms with van der Waals surface area (Å²) in [6, 6.07) is 21.8. The molecule has 1 atom stereocenters. The SMILES string of the molecule is [CH+]=CC(C)(O)C(C)(C)C.[IH+][Sn-]([c]1ccccc1)[c]1ccccc1. The van der Waals surface area contributed by atoms with Crippen molar-refractivity contribution in [2.24, 2.45) is 5.41 Å². The van der Waals surface area contributed by atoms with Gasteiger partial charge < -0.3 is 5.11 Å². The van der Waals surface area contributed by atoms with Crippen LogP contribution in [0.25, 0.3) is 0 Å². The van der Waals surface area contributed by atoms with Crippen molar-refractivity contribution in [3.05, 3.63) is 73.3 Å². The maximum atomic E-state index is 9.48. The van der Waals surface area contributed by atoms with Crippen molar-refractivity contribution in [1.82, 2.24) is 0 Å². The zero-order chi connectivity index (χ0) is 17.5. The Balaban J connectivity index is 0.000000257. The van der Waals surface area contributed by atoms with E-state index in [1.807, 2.05) is 20.8 Å². The van der Waals surface area contributed by atoms with Crippen LogP contribution in [0.2, 0.25) is 0 Å². The Morgan fingerprint density at radius 3 is 1.43 bits per heavy atom. The average molecular weight is 528 g/mol. The van der Waals surface area contributed by atoms with Gasteiger partial charge in [-0.25, -0.2) is 0 Å². The molecule has 0 bridgehead atoms. The molecule has 122 valence electrons. The van der Waals surface area contributed by atoms with Gasteiger partial charge >= 0.3 is 102 Å². The van der Waals surface area contributed by atoms with Crippen LogP contribution in [-0.4, -0.2) is 26.5 Å². The number of hydrogen-bond donors (Lipinski definition) is 1. The molecular weight excluding hydrogens is 502 g/mol. The predicted octanol–water partition coefficient (Wildman–Crippen LogP) is -0.149. The summed E-state index contributed by atoms with van der Waals surface area (Å²) in [5.41, 5.74) is -1.05. The quantitative estimate of drug-likeness (QED) is 0.334. The molecule has 0 spiro atoms. The van der Waals surface area contributed by atoms with Gasteiger partial charge in [0.2, 0.25) is 6.58 Å². The summed E-state index contributed by atoms with van der Waals surface area (Å²) in [7, 11) is 0. The summed E-state index contributed by atoms with van der Waals surface area (Å²) in [6.45, 7) is 12.7. The second-order valence-electron chi connectivity index (χ2n) is 6.63. The van der Waals surface area contributed by atoms with Gasteiger partial charge in [0.1, 0.15) is 5.60 Å². The molecule has 1 nitrogen and oxygen atoms in total. The molecule has 0 aliphatic rings. The molecule has 0 aromatic heterocycles. The fourth-order valence-electron chi connectivity index (χ4n) is 1.60. The summed E-state index contributed by atoms with van der Waals surface area (Å²) in [4.78, 5) is 0. The molecule has 0 aliphatic carbocycles. The molecule has 1 unspecified atom stereocenters. The third kappa shape index (κ3) is 6.53. The molecule has 0 fully saturated rings. The first-order chi connectivity index (χ1) is 10.7. The van der Waals surface area contributed by atoms with Crippen LogP contribution < -0.4 is 25.8 Å². The van der Waals surface area contributed by atoms with Gasteiger partial charge in [0.15, 0.2) is 6.08 Å². The van der Waals surface area contributed by atoms with E-state index in [0.29, 0.717) is 0 Å². The minimum atomic E-state index is -1.49. The van der Waals surface area contributed by atoms with Gasteiger partial charge in [-0.15, -0.1) is 0 Å². The molecule has 0 radical (unpaired) electrons. The second-order valence-corrected chi connectivity index (χ2v) is 19.6. The van der Waals surface area contributed by atoms with Crippen LogP contribution in [0.15, 0.2) is 66.7 Å². The summed E-state index contributed by atoms with van der Waals surface area (Å²) in [5, 5.41) is 9.48. The zero-order valence-electron chi connectivity index (χ0n) is 14.3. The van der Waals surface area contributed by atoms with Gasteiger partial charge in [0.25, 0.3) is 0 Å². The van der Waals surface area contributed by atoms with Crippen molar-refractivity contribution in [3.63, 3.8) is 0 Å². The van der Waals surface area contributed by atoms with Crippen LogP contribution in [0.1, 0.15) is 27.7 Å². The topological polar surface area (TPSA) is 20.2 Å². The monoisotopic (exact) mass is 529 g/mol. The van der Waals surface area contributed by atoms with Gasteiger partial charge in [0, 0.05) is 0 Å². The molecule has 0 saturated heterocycles. The van der Waals surface area contributed by atoms with Gasteiger partial charge in [-0.1, -0.05) is 20.8 Å². The van der Waals surface area contributed by atoms with Crippen molar-refractivity contribution in [2.45, 2.75) is 33.3 Å². The number of benzene rings is 2. The van der Waals surface area contributed by atoms with Crippen LogP contribution in [0.5, 0.6) is 0 Å². The van der Waals surface area contributed by atoms with Crippen LogP contribution in [0.3, 0.4) is 0 Å². The molecular formula is C20H26IOSn+. The molecule has 2 rings (SSSR count). The summed E-state index contributed by atoms with van der Waals surface area (Å²) < 4.78 is 3.15. The summed E-state index contributed by atoms with van der Waals surface area (Å²) in [6.07, 6.45) is 1.33. The van der Waals surface area contributed by atoms with E-state index in [0.717, 1.165) is 0 Å². The Kier molecular flexibility index (Phi) is 8.22. The summed E-state index contributed by atoms with van der Waals surface area (Å²) >= 11 is 0.868. The Morgan fingerprint density at radius 2 is 1.22 bits per heavy atom. The Hall–Kier alpha value is -0.421. The molecule has 0 aliphatic heterocycles. The maximum absolute atomic E-state index is 9.48. The van der Waals surface area contributed by atoms with Crippen molar-refractivity contribution in [2.75, 3.05) is 0 Å². The number of aliphatic hydroxyl groups is 1. The van der Waals surface area contributed by atoms with Crippen molar-refractivity contribution >= 4 is 23.0 Å². The predicted molar refractivity (Wildman–Crippen MR) is 98.2 cm³/mol. The van der Waals surface area contributed by atoms with E-state index < -0.39 is 21.4 Å². The van der Waals surface area contributed by atoms with Crippen LogP contribution >= 0.6 is 0 Å². The zero-order valence-corrected chi connectivity index (χ0v) is 19.5. The van der Waals surface area contributed by atoms with Crippen LogP contribution in [0.4, 0.5) is 0 Å². The van der Waals surface area contributed by atoms with Crippen molar-refractivity contribution in [3.8, 4) is 0 Å². The van der Waals surface area contributed by atoms with E-state index in [1.165, 1.54) is 6.08 Å². The van der Waals surface area contributed by atoms with E-state index in [9.17, 15) is 5.11 Å². The number of hydrogen-bond acceptors (Lipinski definition) is 1. The normalized spacial score (nSPS) is 13.3. The molecule has 3 heteroatoms. The van der Waals surface area contributed by atoms with Gasteiger partial charge in [-0.3, -0.25) is 0 Å². The first kappa shape index (κ1) is 20.6. The average Bonchev–Trinajstić information content (AvgIpc) is 2.55. The Labute approximate surface area is 157 Å². The Morgan fingerprint density at radius 1 is 0.870 bits per heavy atom. The van der Waals surface area contributed by atoms with Gasteiger partial charge in [-0.2, -0.15) is 0 Å². The van der Waals surface area contributed by atoms with E-state index >= 15 is 0 Å². The Bertz CT molecular complexity index is 549. The van der Waals surface area contributed by atoms with Crippen LogP contribution in [0, 0.1) is 12.0 Å². The molecule has 23 heavy (non-hydrogen) atoms. The molecule has 1 N–H and O–H groups in total. The number of halogens is 1. The third-order valence-corrected chi connectivity index (χ3v) is 17.8. The van der Waals surface area contributed by atoms with Gasteiger partial charge in [0.05, 0.1) is 0 Å². The van der Waals surface area contributed by atoms with Crippen LogP contribution in [-0.2, 0) is 0 Å².